The summed E-state index contributed by atoms with van der Waals surface area (Å²) < 4.78 is 19.2. The van der Waals surface area contributed by atoms with Crippen LogP contribution in [0.3, 0.4) is 0 Å². The van der Waals surface area contributed by atoms with E-state index in [0.717, 1.165) is 10.5 Å². The number of ether oxygens (including phenoxy) is 1. The van der Waals surface area contributed by atoms with Gasteiger partial charge in [-0.25, -0.2) is 14.1 Å². The van der Waals surface area contributed by atoms with Crippen molar-refractivity contribution in [3.05, 3.63) is 71.5 Å². The first-order chi connectivity index (χ1) is 12.1. The number of imide groups is 1. The van der Waals surface area contributed by atoms with E-state index in [0.29, 0.717) is 0 Å². The normalized spacial score (nSPS) is 17.7. The zero-order valence-corrected chi connectivity index (χ0v) is 13.3. The van der Waals surface area contributed by atoms with Crippen LogP contribution in [-0.4, -0.2) is 23.5 Å². The third-order valence-corrected chi connectivity index (χ3v) is 4.17. The van der Waals surface area contributed by atoms with Crippen LogP contribution < -0.4 is 0 Å². The number of hydrogen-bond acceptors (Lipinski definition) is 4. The first kappa shape index (κ1) is 16.7. The number of rotatable bonds is 4. The van der Waals surface area contributed by atoms with Gasteiger partial charge in [0.2, 0.25) is 5.91 Å². The number of cyclic esters (lactones) is 1. The van der Waals surface area contributed by atoms with Crippen LogP contribution in [-0.2, 0) is 9.53 Å². The Kier molecular flexibility index (Phi) is 4.75. The van der Waals surface area contributed by atoms with Crippen molar-refractivity contribution >= 4 is 12.0 Å². The molecule has 1 saturated heterocycles. The van der Waals surface area contributed by atoms with Gasteiger partial charge < -0.3 is 4.74 Å². The lowest BCUT2D eigenvalue weighted by atomic mass is 9.93. The van der Waals surface area contributed by atoms with Crippen molar-refractivity contribution in [3.63, 3.8) is 0 Å². The Morgan fingerprint density at radius 2 is 1.92 bits per heavy atom. The molecule has 2 amide bonds. The van der Waals surface area contributed by atoms with Crippen LogP contribution in [0.15, 0.2) is 54.6 Å². The van der Waals surface area contributed by atoms with Crippen molar-refractivity contribution in [2.45, 2.75) is 18.4 Å². The summed E-state index contributed by atoms with van der Waals surface area (Å²) in [5.74, 6) is -2.29. The third-order valence-electron chi connectivity index (χ3n) is 4.17. The predicted octanol–water partition coefficient (Wildman–Crippen LogP) is 3.54. The van der Waals surface area contributed by atoms with Gasteiger partial charge >= 0.3 is 6.09 Å². The molecule has 0 bridgehead atoms. The molecule has 0 aliphatic carbocycles. The van der Waals surface area contributed by atoms with Crippen LogP contribution in [0, 0.1) is 17.1 Å². The number of carbonyl (C=O) groups is 2. The number of carbonyl (C=O) groups excluding carboxylic acids is 2. The molecule has 2 aromatic rings. The second kappa shape index (κ2) is 7.14. The van der Waals surface area contributed by atoms with Crippen LogP contribution in [0.25, 0.3) is 0 Å². The Hall–Kier alpha value is -3.20. The second-order valence-electron chi connectivity index (χ2n) is 5.65. The molecule has 0 unspecified atom stereocenters. The number of benzene rings is 2. The molecule has 2 aromatic carbocycles. The van der Waals surface area contributed by atoms with E-state index in [2.05, 4.69) is 0 Å². The quantitative estimate of drug-likeness (QED) is 0.855. The molecule has 1 fully saturated rings. The molecule has 25 heavy (non-hydrogen) atoms. The highest BCUT2D eigenvalue weighted by molar-refractivity contribution is 5.97. The fourth-order valence-electron chi connectivity index (χ4n) is 2.93. The fraction of sp³-hybridized carbons (Fsp3) is 0.211. The molecule has 1 aliphatic rings. The van der Waals surface area contributed by atoms with Crippen molar-refractivity contribution in [2.75, 3.05) is 6.61 Å². The Morgan fingerprint density at radius 3 is 2.60 bits per heavy atom. The molecule has 0 radical (unpaired) electrons. The summed E-state index contributed by atoms with van der Waals surface area (Å²) in [6.45, 7) is 0.0329. The van der Waals surface area contributed by atoms with Gasteiger partial charge in [0.1, 0.15) is 18.5 Å². The topological polar surface area (TPSA) is 70.4 Å². The second-order valence-corrected chi connectivity index (χ2v) is 5.65. The van der Waals surface area contributed by atoms with E-state index in [1.807, 2.05) is 12.1 Å². The van der Waals surface area contributed by atoms with Crippen molar-refractivity contribution in [1.29, 1.82) is 5.26 Å². The smallest absolute Gasteiger partial charge is 0.417 e. The van der Waals surface area contributed by atoms with E-state index < -0.39 is 29.8 Å². The fourth-order valence-corrected chi connectivity index (χ4v) is 2.93. The van der Waals surface area contributed by atoms with Crippen LogP contribution >= 0.6 is 0 Å². The van der Waals surface area contributed by atoms with Gasteiger partial charge in [0.05, 0.1) is 18.4 Å². The first-order valence-electron chi connectivity index (χ1n) is 7.79. The first-order valence-corrected chi connectivity index (χ1v) is 7.79. The average Bonchev–Trinajstić information content (AvgIpc) is 3.02. The van der Waals surface area contributed by atoms with Gasteiger partial charge in [0.15, 0.2) is 0 Å². The Labute approximate surface area is 144 Å². The van der Waals surface area contributed by atoms with Crippen LogP contribution in [0.2, 0.25) is 0 Å². The molecule has 6 heteroatoms. The lowest BCUT2D eigenvalue weighted by molar-refractivity contribution is -0.130. The van der Waals surface area contributed by atoms with E-state index >= 15 is 0 Å². The summed E-state index contributed by atoms with van der Waals surface area (Å²) in [7, 11) is 0. The number of halogens is 1. The number of hydrogen-bond donors (Lipinski definition) is 0. The minimum Gasteiger partial charge on any atom is -0.446 e. The minimum atomic E-state index is -1.07. The minimum absolute atomic E-state index is 0.0329. The maximum Gasteiger partial charge on any atom is 0.417 e. The third kappa shape index (κ3) is 3.22. The zero-order valence-electron chi connectivity index (χ0n) is 13.3. The molecule has 2 atom stereocenters. The van der Waals surface area contributed by atoms with Crippen molar-refractivity contribution in [3.8, 4) is 6.07 Å². The summed E-state index contributed by atoms with van der Waals surface area (Å²) in [4.78, 5) is 26.1. The van der Waals surface area contributed by atoms with Crippen LogP contribution in [0.4, 0.5) is 9.18 Å². The summed E-state index contributed by atoms with van der Waals surface area (Å²) >= 11 is 0. The van der Waals surface area contributed by atoms with Crippen molar-refractivity contribution in [2.24, 2.45) is 0 Å². The van der Waals surface area contributed by atoms with Crippen LogP contribution in [0.5, 0.6) is 0 Å². The molecule has 126 valence electrons. The highest BCUT2D eigenvalue weighted by Crippen LogP contribution is 2.33. The molecule has 0 N–H and O–H groups in total. The summed E-state index contributed by atoms with van der Waals surface area (Å²) in [5.41, 5.74) is 0.839. The molecule has 0 spiro atoms. The largest absolute Gasteiger partial charge is 0.446 e. The predicted molar refractivity (Wildman–Crippen MR) is 86.7 cm³/mol. The summed E-state index contributed by atoms with van der Waals surface area (Å²) in [6.07, 6.45) is -1.01. The van der Waals surface area contributed by atoms with E-state index in [9.17, 15) is 14.0 Å². The van der Waals surface area contributed by atoms with E-state index in [-0.39, 0.29) is 18.6 Å². The molecule has 3 rings (SSSR count). The van der Waals surface area contributed by atoms with E-state index in [1.165, 1.54) is 18.2 Å². The van der Waals surface area contributed by atoms with Gasteiger partial charge in [-0.3, -0.25) is 4.79 Å². The Bertz CT molecular complexity index is 832. The molecule has 1 aliphatic heterocycles. The number of amides is 2. The van der Waals surface area contributed by atoms with Gasteiger partial charge in [0.25, 0.3) is 0 Å². The maximum absolute atomic E-state index is 14.1. The van der Waals surface area contributed by atoms with Crippen LogP contribution in [0.1, 0.15) is 29.5 Å². The molecule has 0 saturated carbocycles. The standard InChI is InChI=1S/C19H15FN2O3/c20-16-9-5-4-8-14(16)15(10-11-21)18(23)22-17(12-25-19(22)24)13-6-2-1-3-7-13/h1-9,15,17H,10,12H2/t15-,17-/m0/s1. The molecule has 0 aromatic heterocycles. The van der Waals surface area contributed by atoms with Crippen molar-refractivity contribution in [1.82, 2.24) is 4.90 Å². The van der Waals surface area contributed by atoms with Crippen molar-refractivity contribution < 1.29 is 18.7 Å². The molecular formula is C19H15FN2O3. The highest BCUT2D eigenvalue weighted by atomic mass is 19.1. The average molecular weight is 338 g/mol. The highest BCUT2D eigenvalue weighted by Gasteiger charge is 2.42. The van der Waals surface area contributed by atoms with Gasteiger partial charge in [0, 0.05) is 5.56 Å². The monoisotopic (exact) mass is 338 g/mol. The summed E-state index contributed by atoms with van der Waals surface area (Å²) in [5, 5.41) is 9.07. The Morgan fingerprint density at radius 1 is 1.24 bits per heavy atom. The molecule has 5 nitrogen and oxygen atoms in total. The lowest BCUT2D eigenvalue weighted by Gasteiger charge is -2.24. The van der Waals surface area contributed by atoms with Gasteiger partial charge in [-0.05, 0) is 11.6 Å². The lowest BCUT2D eigenvalue weighted by Crippen LogP contribution is -2.38. The van der Waals surface area contributed by atoms with E-state index in [4.69, 9.17) is 10.00 Å². The maximum atomic E-state index is 14.1. The SMILES string of the molecule is N#CC[C@H](C(=O)N1C(=O)OC[C@H]1c1ccccc1)c1ccccc1F. The zero-order chi connectivity index (χ0) is 17.8. The number of nitrogens with zero attached hydrogens (tertiary/aromatic N) is 2. The summed E-state index contributed by atoms with van der Waals surface area (Å²) in [6, 6.07) is 16.1. The Balaban J connectivity index is 1.97. The van der Waals surface area contributed by atoms with Gasteiger partial charge in [-0.1, -0.05) is 48.5 Å². The van der Waals surface area contributed by atoms with Gasteiger partial charge in [-0.15, -0.1) is 0 Å². The van der Waals surface area contributed by atoms with E-state index in [1.54, 1.807) is 30.3 Å². The molecule has 1 heterocycles. The number of nitriles is 1. The van der Waals surface area contributed by atoms with Gasteiger partial charge in [-0.2, -0.15) is 5.26 Å². The molecular weight excluding hydrogens is 323 g/mol.